The summed E-state index contributed by atoms with van der Waals surface area (Å²) >= 11 is 1.90. The topological polar surface area (TPSA) is 43.8 Å². The van der Waals surface area contributed by atoms with Crippen molar-refractivity contribution < 1.29 is 0 Å². The van der Waals surface area contributed by atoms with Crippen LogP contribution in [0, 0.1) is 5.92 Å². The molecule has 0 bridgehead atoms. The van der Waals surface area contributed by atoms with Gasteiger partial charge in [-0.3, -0.25) is 0 Å². The minimum absolute atomic E-state index is 0.606. The van der Waals surface area contributed by atoms with E-state index in [1.54, 1.807) is 0 Å². The molecule has 0 aliphatic carbocycles. The molecule has 0 unspecified atom stereocenters. The first-order chi connectivity index (χ1) is 6.18. The van der Waals surface area contributed by atoms with Crippen LogP contribution >= 0.6 is 11.8 Å². The highest BCUT2D eigenvalue weighted by molar-refractivity contribution is 7.98. The van der Waals surface area contributed by atoms with Crippen LogP contribution in [-0.2, 0) is 18.1 Å². The summed E-state index contributed by atoms with van der Waals surface area (Å²) in [6.07, 6.45) is 0. The van der Waals surface area contributed by atoms with Crippen LogP contribution in [0.4, 0.5) is 5.82 Å². The molecule has 1 aromatic heterocycles. The van der Waals surface area contributed by atoms with Crippen LogP contribution in [0.15, 0.2) is 0 Å². The summed E-state index contributed by atoms with van der Waals surface area (Å²) in [7, 11) is 0. The highest BCUT2D eigenvalue weighted by Gasteiger charge is 2.20. The summed E-state index contributed by atoms with van der Waals surface area (Å²) in [6.45, 7) is 5.30. The molecule has 0 saturated carbocycles. The van der Waals surface area contributed by atoms with Gasteiger partial charge in [0.2, 0.25) is 0 Å². The Morgan fingerprint density at radius 3 is 2.92 bits per heavy atom. The van der Waals surface area contributed by atoms with Gasteiger partial charge in [0, 0.05) is 23.6 Å². The monoisotopic (exact) mass is 197 g/mol. The predicted octanol–water partition coefficient (Wildman–Crippen LogP) is 1.87. The summed E-state index contributed by atoms with van der Waals surface area (Å²) < 4.78 is 1.95. The predicted molar refractivity (Wildman–Crippen MR) is 56.5 cm³/mol. The molecule has 0 spiro atoms. The van der Waals surface area contributed by atoms with Crippen molar-refractivity contribution in [3.05, 3.63) is 11.3 Å². The van der Waals surface area contributed by atoms with E-state index in [2.05, 4.69) is 18.9 Å². The largest absolute Gasteiger partial charge is 0.384 e. The average Bonchev–Trinajstić information content (AvgIpc) is 2.56. The molecular weight excluding hydrogens is 182 g/mol. The molecule has 1 aliphatic rings. The first-order valence-electron chi connectivity index (χ1n) is 4.60. The van der Waals surface area contributed by atoms with Gasteiger partial charge in [-0.15, -0.1) is 0 Å². The Morgan fingerprint density at radius 1 is 1.54 bits per heavy atom. The zero-order valence-electron chi connectivity index (χ0n) is 8.08. The van der Waals surface area contributed by atoms with Gasteiger partial charge in [0.15, 0.2) is 0 Å². The van der Waals surface area contributed by atoms with Gasteiger partial charge in [0.25, 0.3) is 0 Å². The fraction of sp³-hybridized carbons (Fsp3) is 0.667. The van der Waals surface area contributed by atoms with Crippen molar-refractivity contribution in [2.24, 2.45) is 5.92 Å². The molecule has 4 heteroatoms. The number of anilines is 1. The number of thioether (sulfide) groups is 1. The molecule has 1 aliphatic heterocycles. The van der Waals surface area contributed by atoms with E-state index in [-0.39, 0.29) is 0 Å². The summed E-state index contributed by atoms with van der Waals surface area (Å²) in [4.78, 5) is 0. The molecule has 0 fully saturated rings. The van der Waals surface area contributed by atoms with E-state index in [0.29, 0.717) is 5.92 Å². The first kappa shape index (κ1) is 8.94. The van der Waals surface area contributed by atoms with Crippen LogP contribution in [0.25, 0.3) is 0 Å². The Morgan fingerprint density at radius 2 is 2.31 bits per heavy atom. The van der Waals surface area contributed by atoms with Crippen molar-refractivity contribution in [3.8, 4) is 0 Å². The lowest BCUT2D eigenvalue weighted by Crippen LogP contribution is -2.10. The standard InChI is InChI=1S/C9H15N3S/c1-6(2)3-12-9(10)7-4-13-5-8(7)11-12/h6H,3-5,10H2,1-2H3. The summed E-state index contributed by atoms with van der Waals surface area (Å²) in [5.41, 5.74) is 8.46. The van der Waals surface area contributed by atoms with E-state index in [0.717, 1.165) is 23.9 Å². The van der Waals surface area contributed by atoms with Gasteiger partial charge in [0.05, 0.1) is 5.69 Å². The van der Waals surface area contributed by atoms with Crippen molar-refractivity contribution in [1.82, 2.24) is 9.78 Å². The molecule has 2 N–H and O–H groups in total. The number of hydrogen-bond acceptors (Lipinski definition) is 3. The van der Waals surface area contributed by atoms with Crippen molar-refractivity contribution in [2.45, 2.75) is 31.9 Å². The van der Waals surface area contributed by atoms with Crippen LogP contribution in [0.1, 0.15) is 25.1 Å². The van der Waals surface area contributed by atoms with Gasteiger partial charge in [-0.05, 0) is 5.92 Å². The lowest BCUT2D eigenvalue weighted by molar-refractivity contribution is 0.486. The fourth-order valence-corrected chi connectivity index (χ4v) is 2.62. The number of hydrogen-bond donors (Lipinski definition) is 1. The van der Waals surface area contributed by atoms with E-state index in [1.807, 2.05) is 16.4 Å². The van der Waals surface area contributed by atoms with E-state index in [9.17, 15) is 0 Å². The van der Waals surface area contributed by atoms with E-state index >= 15 is 0 Å². The second-order valence-corrected chi connectivity index (χ2v) is 4.86. The van der Waals surface area contributed by atoms with Crippen molar-refractivity contribution in [3.63, 3.8) is 0 Å². The lowest BCUT2D eigenvalue weighted by atomic mass is 10.2. The summed E-state index contributed by atoms with van der Waals surface area (Å²) in [5, 5.41) is 4.50. The van der Waals surface area contributed by atoms with Gasteiger partial charge >= 0.3 is 0 Å². The summed E-state index contributed by atoms with van der Waals surface area (Å²) in [6, 6.07) is 0. The third kappa shape index (κ3) is 1.55. The average molecular weight is 197 g/mol. The maximum absolute atomic E-state index is 5.99. The van der Waals surface area contributed by atoms with E-state index in [4.69, 9.17) is 5.73 Å². The van der Waals surface area contributed by atoms with E-state index in [1.165, 1.54) is 11.3 Å². The van der Waals surface area contributed by atoms with Gasteiger partial charge < -0.3 is 5.73 Å². The third-order valence-corrected chi connectivity index (χ3v) is 3.17. The van der Waals surface area contributed by atoms with E-state index < -0.39 is 0 Å². The highest BCUT2D eigenvalue weighted by Crippen LogP contribution is 2.33. The smallest absolute Gasteiger partial charge is 0.126 e. The Balaban J connectivity index is 2.28. The van der Waals surface area contributed by atoms with Crippen LogP contribution in [0.5, 0.6) is 0 Å². The molecule has 2 rings (SSSR count). The molecule has 0 atom stereocenters. The first-order valence-corrected chi connectivity index (χ1v) is 5.75. The molecule has 1 aromatic rings. The molecule has 3 nitrogen and oxygen atoms in total. The summed E-state index contributed by atoms with van der Waals surface area (Å²) in [5.74, 6) is 3.56. The molecule has 0 radical (unpaired) electrons. The molecule has 0 saturated heterocycles. The van der Waals surface area contributed by atoms with Crippen LogP contribution in [-0.4, -0.2) is 9.78 Å². The maximum Gasteiger partial charge on any atom is 0.126 e. The highest BCUT2D eigenvalue weighted by atomic mass is 32.2. The molecule has 0 aromatic carbocycles. The molecule has 2 heterocycles. The Bertz CT molecular complexity index is 317. The Hall–Kier alpha value is -0.640. The zero-order chi connectivity index (χ0) is 9.42. The minimum Gasteiger partial charge on any atom is -0.384 e. The molecule has 0 amide bonds. The number of nitrogen functional groups attached to an aromatic ring is 1. The third-order valence-electron chi connectivity index (χ3n) is 2.20. The number of rotatable bonds is 2. The van der Waals surface area contributed by atoms with Gasteiger partial charge in [-0.1, -0.05) is 13.8 Å². The van der Waals surface area contributed by atoms with Crippen molar-refractivity contribution in [2.75, 3.05) is 5.73 Å². The van der Waals surface area contributed by atoms with Crippen LogP contribution in [0.3, 0.4) is 0 Å². The molecule has 72 valence electrons. The lowest BCUT2D eigenvalue weighted by Gasteiger charge is -2.07. The zero-order valence-corrected chi connectivity index (χ0v) is 8.90. The Kier molecular flexibility index (Phi) is 2.24. The number of nitrogens with two attached hydrogens (primary N) is 1. The van der Waals surface area contributed by atoms with Crippen LogP contribution in [0.2, 0.25) is 0 Å². The Labute approximate surface area is 82.7 Å². The van der Waals surface area contributed by atoms with Gasteiger partial charge in [-0.25, -0.2) is 4.68 Å². The van der Waals surface area contributed by atoms with Crippen molar-refractivity contribution >= 4 is 17.6 Å². The van der Waals surface area contributed by atoms with Gasteiger partial charge in [-0.2, -0.15) is 16.9 Å². The fourth-order valence-electron chi connectivity index (χ4n) is 1.57. The number of fused-ring (bicyclic) bond motifs is 1. The minimum atomic E-state index is 0.606. The quantitative estimate of drug-likeness (QED) is 0.787. The molecular formula is C9H15N3S. The second-order valence-electron chi connectivity index (χ2n) is 3.88. The van der Waals surface area contributed by atoms with Gasteiger partial charge in [0.1, 0.15) is 5.82 Å². The second kappa shape index (κ2) is 3.25. The number of nitrogens with zero attached hydrogens (tertiary/aromatic N) is 2. The normalized spacial score (nSPS) is 15.3. The molecule has 13 heavy (non-hydrogen) atoms. The SMILES string of the molecule is CC(C)Cn1nc2c(c1N)CSC2. The van der Waals surface area contributed by atoms with Crippen molar-refractivity contribution in [1.29, 1.82) is 0 Å². The van der Waals surface area contributed by atoms with Crippen LogP contribution < -0.4 is 5.73 Å². The maximum atomic E-state index is 5.99. The number of aromatic nitrogens is 2.